The first kappa shape index (κ1) is 16.9. The van der Waals surface area contributed by atoms with Gasteiger partial charge in [0, 0.05) is 18.7 Å². The fraction of sp³-hybridized carbons (Fsp3) is 0.300. The molecule has 3 aromatic rings. The van der Waals surface area contributed by atoms with Crippen LogP contribution in [0.1, 0.15) is 30.5 Å². The first-order valence-electron chi connectivity index (χ1n) is 8.71. The Morgan fingerprint density at radius 2 is 1.88 bits per heavy atom. The molecule has 2 aromatic carbocycles. The van der Waals surface area contributed by atoms with Crippen LogP contribution in [0.15, 0.2) is 59.1 Å². The maximum atomic E-state index is 13.1. The molecule has 0 radical (unpaired) electrons. The van der Waals surface area contributed by atoms with Gasteiger partial charge in [-0.05, 0) is 24.6 Å². The van der Waals surface area contributed by atoms with Crippen LogP contribution in [0, 0.1) is 5.82 Å². The molecule has 0 unspecified atom stereocenters. The third-order valence-electron chi connectivity index (χ3n) is 4.72. The first-order chi connectivity index (χ1) is 12.7. The normalized spacial score (nSPS) is 19.4. The van der Waals surface area contributed by atoms with Gasteiger partial charge in [0.25, 0.3) is 0 Å². The molecule has 4 rings (SSSR count). The van der Waals surface area contributed by atoms with E-state index in [1.54, 1.807) is 12.1 Å². The molecule has 2 atom stereocenters. The lowest BCUT2D eigenvalue weighted by molar-refractivity contribution is -0.0469. The summed E-state index contributed by atoms with van der Waals surface area (Å²) in [6.45, 7) is 4.12. The van der Waals surface area contributed by atoms with Crippen molar-refractivity contribution in [2.24, 2.45) is 0 Å². The molecule has 0 spiro atoms. The number of ether oxygens (including phenoxy) is 1. The van der Waals surface area contributed by atoms with E-state index in [1.807, 2.05) is 30.3 Å². The van der Waals surface area contributed by atoms with Crippen LogP contribution in [-0.2, 0) is 4.74 Å². The summed E-state index contributed by atoms with van der Waals surface area (Å²) in [4.78, 5) is 6.80. The molecular formula is C20H20FN3O2. The van der Waals surface area contributed by atoms with Crippen molar-refractivity contribution in [3.63, 3.8) is 0 Å². The Bertz CT molecular complexity index is 851. The smallest absolute Gasteiger partial charge is 0.244 e. The second kappa shape index (κ2) is 7.35. The predicted octanol–water partition coefficient (Wildman–Crippen LogP) is 4.01. The van der Waals surface area contributed by atoms with Crippen molar-refractivity contribution in [2.45, 2.75) is 19.1 Å². The summed E-state index contributed by atoms with van der Waals surface area (Å²) < 4.78 is 24.5. The topological polar surface area (TPSA) is 51.4 Å². The van der Waals surface area contributed by atoms with Crippen molar-refractivity contribution in [1.29, 1.82) is 0 Å². The number of halogens is 1. The van der Waals surface area contributed by atoms with Gasteiger partial charge in [0.2, 0.25) is 11.7 Å². The van der Waals surface area contributed by atoms with E-state index in [2.05, 4.69) is 22.0 Å². The zero-order valence-electron chi connectivity index (χ0n) is 14.5. The van der Waals surface area contributed by atoms with E-state index in [0.29, 0.717) is 24.9 Å². The lowest BCUT2D eigenvalue weighted by Gasteiger charge is -2.35. The fourth-order valence-corrected chi connectivity index (χ4v) is 3.17. The van der Waals surface area contributed by atoms with E-state index < -0.39 is 0 Å². The fourth-order valence-electron chi connectivity index (χ4n) is 3.17. The molecule has 1 fully saturated rings. The van der Waals surface area contributed by atoms with Gasteiger partial charge in [-0.2, -0.15) is 4.98 Å². The second-order valence-corrected chi connectivity index (χ2v) is 6.40. The van der Waals surface area contributed by atoms with E-state index in [-0.39, 0.29) is 18.0 Å². The van der Waals surface area contributed by atoms with Gasteiger partial charge >= 0.3 is 0 Å². The Morgan fingerprint density at radius 1 is 1.12 bits per heavy atom. The van der Waals surface area contributed by atoms with Gasteiger partial charge in [0.1, 0.15) is 5.82 Å². The molecule has 1 saturated heterocycles. The summed E-state index contributed by atoms with van der Waals surface area (Å²) in [5.74, 6) is 0.938. The van der Waals surface area contributed by atoms with E-state index >= 15 is 0 Å². The Hall–Kier alpha value is -2.57. The lowest BCUT2D eigenvalue weighted by atomic mass is 10.1. The largest absolute Gasteiger partial charge is 0.371 e. The van der Waals surface area contributed by atoms with Crippen LogP contribution >= 0.6 is 0 Å². The lowest BCUT2D eigenvalue weighted by Crippen LogP contribution is -2.40. The van der Waals surface area contributed by atoms with E-state index in [4.69, 9.17) is 9.26 Å². The minimum absolute atomic E-state index is 0.0215. The predicted molar refractivity (Wildman–Crippen MR) is 94.8 cm³/mol. The van der Waals surface area contributed by atoms with Gasteiger partial charge in [-0.3, -0.25) is 4.90 Å². The van der Waals surface area contributed by atoms with Crippen molar-refractivity contribution in [2.75, 3.05) is 19.7 Å². The maximum Gasteiger partial charge on any atom is 0.244 e. The number of rotatable bonds is 4. The monoisotopic (exact) mass is 353 g/mol. The standard InChI is InChI=1S/C20H20FN3O2/c1-14(20-22-19(23-26-20)16-5-3-2-4-6-16)24-11-12-25-18(13-24)15-7-9-17(21)10-8-15/h2-10,14,18H,11-13H2,1H3/t14-,18-/m1/s1. The molecular weight excluding hydrogens is 333 g/mol. The van der Waals surface area contributed by atoms with Crippen molar-refractivity contribution in [3.8, 4) is 11.4 Å². The van der Waals surface area contributed by atoms with Crippen LogP contribution in [-0.4, -0.2) is 34.7 Å². The SMILES string of the molecule is C[C@H](c1nc(-c2ccccc2)no1)N1CCO[C@@H](c2ccc(F)cc2)C1. The number of morpholine rings is 1. The van der Waals surface area contributed by atoms with Crippen molar-refractivity contribution >= 4 is 0 Å². The van der Waals surface area contributed by atoms with Crippen molar-refractivity contribution < 1.29 is 13.7 Å². The Morgan fingerprint density at radius 3 is 2.65 bits per heavy atom. The molecule has 5 nitrogen and oxygen atoms in total. The molecule has 1 aromatic heterocycles. The number of hydrogen-bond donors (Lipinski definition) is 0. The zero-order valence-corrected chi connectivity index (χ0v) is 14.5. The molecule has 0 saturated carbocycles. The number of aromatic nitrogens is 2. The second-order valence-electron chi connectivity index (χ2n) is 6.40. The summed E-state index contributed by atoms with van der Waals surface area (Å²) in [6, 6.07) is 16.2. The molecule has 0 bridgehead atoms. The van der Waals surface area contributed by atoms with E-state index in [0.717, 1.165) is 17.7 Å². The van der Waals surface area contributed by atoms with E-state index in [1.165, 1.54) is 12.1 Å². The van der Waals surface area contributed by atoms with Crippen LogP contribution in [0.4, 0.5) is 4.39 Å². The molecule has 1 aliphatic heterocycles. The highest BCUT2D eigenvalue weighted by Crippen LogP contribution is 2.29. The summed E-state index contributed by atoms with van der Waals surface area (Å²) in [5, 5.41) is 4.10. The summed E-state index contributed by atoms with van der Waals surface area (Å²) in [5.41, 5.74) is 1.90. The molecule has 2 heterocycles. The molecule has 6 heteroatoms. The molecule has 1 aliphatic rings. The van der Waals surface area contributed by atoms with Crippen molar-refractivity contribution in [3.05, 3.63) is 71.9 Å². The highest BCUT2D eigenvalue weighted by atomic mass is 19.1. The van der Waals surface area contributed by atoms with E-state index in [9.17, 15) is 4.39 Å². The third-order valence-corrected chi connectivity index (χ3v) is 4.72. The molecule has 26 heavy (non-hydrogen) atoms. The van der Waals surface area contributed by atoms with Crippen LogP contribution in [0.5, 0.6) is 0 Å². The molecule has 0 aliphatic carbocycles. The minimum Gasteiger partial charge on any atom is -0.371 e. The quantitative estimate of drug-likeness (QED) is 0.709. The maximum absolute atomic E-state index is 13.1. The third kappa shape index (κ3) is 3.52. The number of nitrogens with zero attached hydrogens (tertiary/aromatic N) is 3. The van der Waals surface area contributed by atoms with Crippen LogP contribution in [0.3, 0.4) is 0 Å². The molecule has 0 N–H and O–H groups in total. The minimum atomic E-state index is -0.242. The Labute approximate surface area is 151 Å². The molecule has 134 valence electrons. The Kier molecular flexibility index (Phi) is 4.77. The zero-order chi connectivity index (χ0) is 17.9. The van der Waals surface area contributed by atoms with Crippen LogP contribution in [0.25, 0.3) is 11.4 Å². The number of hydrogen-bond acceptors (Lipinski definition) is 5. The van der Waals surface area contributed by atoms with Gasteiger partial charge in [0.15, 0.2) is 0 Å². The average Bonchev–Trinajstić information content (AvgIpc) is 3.19. The number of benzene rings is 2. The van der Waals surface area contributed by atoms with Crippen LogP contribution < -0.4 is 0 Å². The van der Waals surface area contributed by atoms with Gasteiger partial charge < -0.3 is 9.26 Å². The summed E-state index contributed by atoms with van der Waals surface area (Å²) in [6.07, 6.45) is -0.0942. The average molecular weight is 353 g/mol. The first-order valence-corrected chi connectivity index (χ1v) is 8.71. The molecule has 0 amide bonds. The van der Waals surface area contributed by atoms with Gasteiger partial charge in [0.05, 0.1) is 18.8 Å². The summed E-state index contributed by atoms with van der Waals surface area (Å²) in [7, 11) is 0. The highest BCUT2D eigenvalue weighted by Gasteiger charge is 2.29. The summed E-state index contributed by atoms with van der Waals surface area (Å²) >= 11 is 0. The highest BCUT2D eigenvalue weighted by molar-refractivity contribution is 5.53. The van der Waals surface area contributed by atoms with Gasteiger partial charge in [-0.15, -0.1) is 0 Å². The Balaban J connectivity index is 1.48. The van der Waals surface area contributed by atoms with Gasteiger partial charge in [-0.1, -0.05) is 47.6 Å². The van der Waals surface area contributed by atoms with Crippen LogP contribution in [0.2, 0.25) is 0 Å². The van der Waals surface area contributed by atoms with Gasteiger partial charge in [-0.25, -0.2) is 4.39 Å². The van der Waals surface area contributed by atoms with Crippen molar-refractivity contribution in [1.82, 2.24) is 15.0 Å².